The van der Waals surface area contributed by atoms with E-state index in [0.29, 0.717) is 17.9 Å². The Bertz CT molecular complexity index is 749. The fourth-order valence-electron chi connectivity index (χ4n) is 2.84. The Balaban J connectivity index is 0.00000364. The van der Waals surface area contributed by atoms with Crippen molar-refractivity contribution in [3.63, 3.8) is 0 Å². The number of esters is 1. The summed E-state index contributed by atoms with van der Waals surface area (Å²) in [4.78, 5) is 26.9. The van der Waals surface area contributed by atoms with E-state index in [2.05, 4.69) is 18.7 Å². The Kier molecular flexibility index (Phi) is 9.26. The highest BCUT2D eigenvalue weighted by molar-refractivity contribution is 6.08. The van der Waals surface area contributed by atoms with Crippen LogP contribution in [-0.2, 0) is 23.0 Å². The molecule has 1 aromatic heterocycles. The van der Waals surface area contributed by atoms with Crippen LogP contribution in [0.1, 0.15) is 41.2 Å². The number of hydrogen-bond donors (Lipinski definition) is 0. The van der Waals surface area contributed by atoms with E-state index in [-0.39, 0.29) is 30.6 Å². The molecular formula is C21H29ClN2O3. The zero-order valence-electron chi connectivity index (χ0n) is 16.5. The first kappa shape index (κ1) is 22.9. The molecule has 0 radical (unpaired) electrons. The van der Waals surface area contributed by atoms with Crippen LogP contribution < -0.4 is 0 Å². The smallest absolute Gasteiger partial charge is 0.311 e. The molecule has 5 nitrogen and oxygen atoms in total. The van der Waals surface area contributed by atoms with Gasteiger partial charge >= 0.3 is 5.97 Å². The molecule has 0 saturated carbocycles. The number of carbonyl (C=O) groups excluding carboxylic acids is 2. The summed E-state index contributed by atoms with van der Waals surface area (Å²) in [6.07, 6.45) is 0.163. The molecule has 6 heteroatoms. The zero-order valence-corrected chi connectivity index (χ0v) is 17.3. The zero-order chi connectivity index (χ0) is 19.1. The van der Waals surface area contributed by atoms with Gasteiger partial charge in [0.05, 0.1) is 12.1 Å². The second kappa shape index (κ2) is 10.9. The van der Waals surface area contributed by atoms with Crippen molar-refractivity contribution in [2.75, 3.05) is 26.2 Å². The Morgan fingerprint density at radius 2 is 1.67 bits per heavy atom. The molecule has 0 saturated heterocycles. The standard InChI is InChI=1S/C21H28N2O3.ClH/c1-5-23(6-2)13-14-26-20(24)15-18-11-12-19(22(18)4)21(25)17-9-7-16(3)8-10-17;/h7-12H,5-6,13-15H2,1-4H3;1H. The van der Waals surface area contributed by atoms with Crippen molar-refractivity contribution in [2.45, 2.75) is 27.2 Å². The number of aryl methyl sites for hydroxylation is 1. The first-order chi connectivity index (χ1) is 12.5. The number of halogens is 1. The van der Waals surface area contributed by atoms with Gasteiger partial charge in [0.2, 0.25) is 5.78 Å². The van der Waals surface area contributed by atoms with Gasteiger partial charge in [-0.2, -0.15) is 0 Å². The molecule has 0 spiro atoms. The third-order valence-electron chi connectivity index (χ3n) is 4.66. The first-order valence-corrected chi connectivity index (χ1v) is 9.10. The number of rotatable bonds is 9. The lowest BCUT2D eigenvalue weighted by atomic mass is 10.1. The number of ether oxygens (including phenoxy) is 1. The van der Waals surface area contributed by atoms with Crippen LogP contribution in [0.3, 0.4) is 0 Å². The number of nitrogens with zero attached hydrogens (tertiary/aromatic N) is 2. The number of ketones is 1. The lowest BCUT2D eigenvalue weighted by molar-refractivity contribution is -0.143. The van der Waals surface area contributed by atoms with Gasteiger partial charge in [-0.15, -0.1) is 12.4 Å². The molecule has 0 N–H and O–H groups in total. The highest BCUT2D eigenvalue weighted by Crippen LogP contribution is 2.15. The average molecular weight is 393 g/mol. The van der Waals surface area contributed by atoms with Crippen molar-refractivity contribution in [2.24, 2.45) is 7.05 Å². The monoisotopic (exact) mass is 392 g/mol. The second-order valence-electron chi connectivity index (χ2n) is 6.39. The van der Waals surface area contributed by atoms with Crippen LogP contribution in [0.25, 0.3) is 0 Å². The van der Waals surface area contributed by atoms with Gasteiger partial charge in [-0.3, -0.25) is 9.59 Å². The van der Waals surface area contributed by atoms with Crippen molar-refractivity contribution in [1.82, 2.24) is 9.47 Å². The van der Waals surface area contributed by atoms with E-state index in [1.165, 1.54) is 0 Å². The highest BCUT2D eigenvalue weighted by Gasteiger charge is 2.16. The Morgan fingerprint density at radius 1 is 1.04 bits per heavy atom. The number of likely N-dealkylation sites (N-methyl/N-ethyl adjacent to an activating group) is 1. The molecule has 2 aromatic rings. The van der Waals surface area contributed by atoms with Gasteiger partial charge in [0.15, 0.2) is 0 Å². The van der Waals surface area contributed by atoms with Crippen LogP contribution >= 0.6 is 12.4 Å². The molecule has 0 aliphatic carbocycles. The molecule has 0 aliphatic rings. The average Bonchev–Trinajstić information content (AvgIpc) is 2.99. The van der Waals surface area contributed by atoms with Crippen LogP contribution in [0.15, 0.2) is 36.4 Å². The summed E-state index contributed by atoms with van der Waals surface area (Å²) in [6.45, 7) is 9.17. The number of hydrogen-bond acceptors (Lipinski definition) is 4. The maximum absolute atomic E-state index is 12.6. The molecule has 1 heterocycles. The van der Waals surface area contributed by atoms with E-state index in [4.69, 9.17) is 4.74 Å². The highest BCUT2D eigenvalue weighted by atomic mass is 35.5. The lowest BCUT2D eigenvalue weighted by Gasteiger charge is -2.17. The fraction of sp³-hybridized carbons (Fsp3) is 0.429. The van der Waals surface area contributed by atoms with Gasteiger partial charge in [-0.25, -0.2) is 0 Å². The number of benzene rings is 1. The van der Waals surface area contributed by atoms with E-state index in [1.54, 1.807) is 17.7 Å². The second-order valence-corrected chi connectivity index (χ2v) is 6.39. The Morgan fingerprint density at radius 3 is 2.26 bits per heavy atom. The van der Waals surface area contributed by atoms with Crippen LogP contribution in [0.4, 0.5) is 0 Å². The van der Waals surface area contributed by atoms with Crippen molar-refractivity contribution in [3.05, 3.63) is 58.9 Å². The molecule has 2 rings (SSSR count). The number of carbonyl (C=O) groups is 2. The predicted octanol–water partition coefficient (Wildman–Crippen LogP) is 3.41. The number of aromatic nitrogens is 1. The van der Waals surface area contributed by atoms with Crippen LogP contribution in [-0.4, -0.2) is 47.5 Å². The molecule has 148 valence electrons. The fourth-order valence-corrected chi connectivity index (χ4v) is 2.84. The summed E-state index contributed by atoms with van der Waals surface area (Å²) in [5, 5.41) is 0. The third-order valence-corrected chi connectivity index (χ3v) is 4.66. The van der Waals surface area contributed by atoms with Crippen LogP contribution in [0, 0.1) is 6.92 Å². The topological polar surface area (TPSA) is 51.5 Å². The van der Waals surface area contributed by atoms with E-state index in [9.17, 15) is 9.59 Å². The third kappa shape index (κ3) is 6.22. The summed E-state index contributed by atoms with van der Waals surface area (Å²) >= 11 is 0. The Hall–Kier alpha value is -2.11. The maximum atomic E-state index is 12.6. The summed E-state index contributed by atoms with van der Waals surface area (Å²) in [5.74, 6) is -0.318. The van der Waals surface area contributed by atoms with E-state index in [1.807, 2.05) is 37.3 Å². The SMILES string of the molecule is CCN(CC)CCOC(=O)Cc1ccc(C(=O)c2ccc(C)cc2)n1C.Cl. The molecule has 0 amide bonds. The maximum Gasteiger partial charge on any atom is 0.311 e. The van der Waals surface area contributed by atoms with Gasteiger partial charge in [-0.05, 0) is 32.1 Å². The molecule has 0 bridgehead atoms. The molecule has 0 unspecified atom stereocenters. The summed E-state index contributed by atoms with van der Waals surface area (Å²) in [6, 6.07) is 11.1. The van der Waals surface area contributed by atoms with Crippen LogP contribution in [0.5, 0.6) is 0 Å². The van der Waals surface area contributed by atoms with Gasteiger partial charge in [0.1, 0.15) is 6.61 Å². The molecule has 1 aromatic carbocycles. The van der Waals surface area contributed by atoms with E-state index < -0.39 is 0 Å². The van der Waals surface area contributed by atoms with Crippen molar-refractivity contribution >= 4 is 24.2 Å². The summed E-state index contributed by atoms with van der Waals surface area (Å²) < 4.78 is 7.10. The Labute approximate surface area is 167 Å². The predicted molar refractivity (Wildman–Crippen MR) is 110 cm³/mol. The van der Waals surface area contributed by atoms with Gasteiger partial charge in [0, 0.05) is 24.8 Å². The molecule has 27 heavy (non-hydrogen) atoms. The molecular weight excluding hydrogens is 364 g/mol. The molecule has 0 aliphatic heterocycles. The quantitative estimate of drug-likeness (QED) is 0.484. The van der Waals surface area contributed by atoms with Crippen LogP contribution in [0.2, 0.25) is 0 Å². The molecule has 0 fully saturated rings. The minimum absolute atomic E-state index is 0. The van der Waals surface area contributed by atoms with Crippen molar-refractivity contribution in [1.29, 1.82) is 0 Å². The summed E-state index contributed by atoms with van der Waals surface area (Å²) in [7, 11) is 1.81. The van der Waals surface area contributed by atoms with Crippen molar-refractivity contribution < 1.29 is 14.3 Å². The van der Waals surface area contributed by atoms with Gasteiger partial charge < -0.3 is 14.2 Å². The van der Waals surface area contributed by atoms with Gasteiger partial charge in [0.25, 0.3) is 0 Å². The van der Waals surface area contributed by atoms with E-state index >= 15 is 0 Å². The van der Waals surface area contributed by atoms with Crippen molar-refractivity contribution in [3.8, 4) is 0 Å². The summed E-state index contributed by atoms with van der Waals surface area (Å²) in [5.41, 5.74) is 3.10. The first-order valence-electron chi connectivity index (χ1n) is 9.10. The minimum atomic E-state index is -0.271. The van der Waals surface area contributed by atoms with E-state index in [0.717, 1.165) is 30.9 Å². The van der Waals surface area contributed by atoms with Gasteiger partial charge in [-0.1, -0.05) is 43.7 Å². The lowest BCUT2D eigenvalue weighted by Crippen LogP contribution is -2.28. The minimum Gasteiger partial charge on any atom is -0.464 e. The molecule has 0 atom stereocenters. The largest absolute Gasteiger partial charge is 0.464 e. The normalized spacial score (nSPS) is 10.6.